The van der Waals surface area contributed by atoms with Crippen LogP contribution in [0.2, 0.25) is 0 Å². The summed E-state index contributed by atoms with van der Waals surface area (Å²) in [6.07, 6.45) is 5.95. The van der Waals surface area contributed by atoms with Crippen LogP contribution in [0.3, 0.4) is 0 Å². The van der Waals surface area contributed by atoms with Crippen LogP contribution in [-0.2, 0) is 4.74 Å². The molecule has 2 amide bonds. The second-order valence-corrected chi connectivity index (χ2v) is 5.52. The number of pyridine rings is 1. The molecule has 0 fully saturated rings. The number of nitrogens with one attached hydrogen (secondary N) is 1. The van der Waals surface area contributed by atoms with Gasteiger partial charge in [-0.25, -0.2) is 4.98 Å². The highest BCUT2D eigenvalue weighted by Gasteiger charge is 2.37. The number of fused-ring (bicyclic) bond motifs is 3. The Hall–Kier alpha value is -2.93. The van der Waals surface area contributed by atoms with Crippen LogP contribution in [0.15, 0.2) is 48.5 Å². The fraction of sp³-hybridized carbons (Fsp3) is 0.125. The molecule has 122 valence electrons. The third-order valence-corrected chi connectivity index (χ3v) is 3.59. The summed E-state index contributed by atoms with van der Waals surface area (Å²) < 4.78 is 5.36. The average molecular weight is 345 g/mol. The molecule has 0 saturated heterocycles. The van der Waals surface area contributed by atoms with Gasteiger partial charge in [-0.1, -0.05) is 24.8 Å². The maximum atomic E-state index is 12.5. The number of hydrogen-bond acceptors (Lipinski definition) is 5. The average Bonchev–Trinajstić information content (AvgIpc) is 3.11. The molecule has 3 rings (SSSR count). The molecule has 2 aromatic rings. The molecule has 3 heterocycles. The molecule has 1 N–H and O–H groups in total. The number of ether oxygens (including phenoxy) is 1. The van der Waals surface area contributed by atoms with E-state index in [2.05, 4.69) is 28.3 Å². The van der Waals surface area contributed by atoms with E-state index in [0.717, 1.165) is 4.90 Å². The number of nitrogens with zero attached hydrogens (tertiary/aromatic N) is 3. The zero-order valence-corrected chi connectivity index (χ0v) is 13.3. The second kappa shape index (κ2) is 6.29. The smallest absolute Gasteiger partial charge is 0.263 e. The molecule has 7 nitrogen and oxygen atoms in total. The van der Waals surface area contributed by atoms with E-state index in [4.69, 9.17) is 16.3 Å². The normalized spacial score (nSPS) is 13.8. The topological polar surface area (TPSA) is 88.2 Å². The largest absolute Gasteiger partial charge is 0.492 e. The summed E-state index contributed by atoms with van der Waals surface area (Å²) in [5.74, 6) is -0.431. The van der Waals surface area contributed by atoms with Gasteiger partial charge in [0.1, 0.15) is 12.4 Å². The molecule has 0 atom stereocenters. The van der Waals surface area contributed by atoms with E-state index in [1.54, 1.807) is 6.08 Å². The van der Waals surface area contributed by atoms with Crippen LogP contribution in [0.5, 0.6) is 0 Å². The first-order valence-electron chi connectivity index (χ1n) is 7.01. The number of imide groups is 1. The molecule has 0 aromatic carbocycles. The standard InChI is InChI=1S/C16H13ClN4O3/c1-9(17)3-4-10(2)24-6-5-21-15(22)12-7-18-14-11(8-19-20-14)13(12)16(21)23/h3-4,7-8H,1-2,5-6H2,(H,18,19,20)/b4-3-. The molecular weight excluding hydrogens is 332 g/mol. The van der Waals surface area contributed by atoms with Crippen molar-refractivity contribution in [3.63, 3.8) is 0 Å². The van der Waals surface area contributed by atoms with Crippen LogP contribution in [0.25, 0.3) is 11.0 Å². The van der Waals surface area contributed by atoms with Gasteiger partial charge in [0.25, 0.3) is 11.8 Å². The van der Waals surface area contributed by atoms with Crippen LogP contribution in [0, 0.1) is 0 Å². The van der Waals surface area contributed by atoms with Crippen molar-refractivity contribution in [2.45, 2.75) is 0 Å². The number of H-pyrrole nitrogens is 1. The number of allylic oxidation sites excluding steroid dienone is 3. The van der Waals surface area contributed by atoms with Gasteiger partial charge in [-0.05, 0) is 12.2 Å². The summed E-state index contributed by atoms with van der Waals surface area (Å²) in [6, 6.07) is 0. The molecular formula is C16H13ClN4O3. The molecule has 1 aliphatic heterocycles. The maximum absolute atomic E-state index is 12.5. The third-order valence-electron chi connectivity index (χ3n) is 3.47. The molecule has 24 heavy (non-hydrogen) atoms. The predicted molar refractivity (Wildman–Crippen MR) is 88.5 cm³/mol. The Kier molecular flexibility index (Phi) is 4.18. The van der Waals surface area contributed by atoms with Crippen molar-refractivity contribution >= 4 is 34.4 Å². The van der Waals surface area contributed by atoms with Crippen LogP contribution >= 0.6 is 11.6 Å². The number of carbonyl (C=O) groups is 2. The summed E-state index contributed by atoms with van der Waals surface area (Å²) in [6.45, 7) is 7.40. The van der Waals surface area contributed by atoms with E-state index in [1.165, 1.54) is 18.5 Å². The lowest BCUT2D eigenvalue weighted by Gasteiger charge is -2.14. The van der Waals surface area contributed by atoms with E-state index in [9.17, 15) is 9.59 Å². The van der Waals surface area contributed by atoms with Crippen molar-refractivity contribution in [3.05, 3.63) is 59.6 Å². The number of hydrogen-bond donors (Lipinski definition) is 1. The SMILES string of the molecule is C=C(Cl)/C=C\C(=C)OCCN1C(=O)c2cnc3[nH]ncc3c2C1=O. The first kappa shape index (κ1) is 15.9. The summed E-state index contributed by atoms with van der Waals surface area (Å²) in [4.78, 5) is 30.1. The molecule has 0 unspecified atom stereocenters. The van der Waals surface area contributed by atoms with Crippen LogP contribution in [0.1, 0.15) is 20.7 Å². The van der Waals surface area contributed by atoms with Crippen LogP contribution in [-0.4, -0.2) is 45.0 Å². The monoisotopic (exact) mass is 344 g/mol. The Morgan fingerprint density at radius 3 is 2.83 bits per heavy atom. The van der Waals surface area contributed by atoms with Crippen molar-refractivity contribution < 1.29 is 14.3 Å². The predicted octanol–water partition coefficient (Wildman–Crippen LogP) is 2.39. The summed E-state index contributed by atoms with van der Waals surface area (Å²) in [5, 5.41) is 7.40. The highest BCUT2D eigenvalue weighted by molar-refractivity contribution is 6.30. The quantitative estimate of drug-likeness (QED) is 0.494. The zero-order chi connectivity index (χ0) is 17.3. The Bertz CT molecular complexity index is 900. The lowest BCUT2D eigenvalue weighted by atomic mass is 10.1. The van der Waals surface area contributed by atoms with Gasteiger partial charge in [0.15, 0.2) is 5.65 Å². The summed E-state index contributed by atoms with van der Waals surface area (Å²) in [5.41, 5.74) is 1.05. The van der Waals surface area contributed by atoms with E-state index in [-0.39, 0.29) is 24.6 Å². The highest BCUT2D eigenvalue weighted by atomic mass is 35.5. The minimum absolute atomic E-state index is 0.0976. The third kappa shape index (κ3) is 2.81. The summed E-state index contributed by atoms with van der Waals surface area (Å²) in [7, 11) is 0. The molecule has 0 spiro atoms. The molecule has 0 bridgehead atoms. The lowest BCUT2D eigenvalue weighted by molar-refractivity contribution is 0.0613. The van der Waals surface area contributed by atoms with Gasteiger partial charge in [0, 0.05) is 11.2 Å². The summed E-state index contributed by atoms with van der Waals surface area (Å²) >= 11 is 5.60. The Morgan fingerprint density at radius 2 is 2.08 bits per heavy atom. The van der Waals surface area contributed by atoms with Crippen LogP contribution in [0.4, 0.5) is 0 Å². The Balaban J connectivity index is 1.70. The number of rotatable bonds is 6. The van der Waals surface area contributed by atoms with Gasteiger partial charge in [-0.3, -0.25) is 19.6 Å². The van der Waals surface area contributed by atoms with Gasteiger partial charge in [-0.15, -0.1) is 0 Å². The number of aromatic amines is 1. The molecule has 8 heteroatoms. The van der Waals surface area contributed by atoms with Crippen molar-refractivity contribution in [1.29, 1.82) is 0 Å². The van der Waals surface area contributed by atoms with E-state index >= 15 is 0 Å². The molecule has 0 radical (unpaired) electrons. The van der Waals surface area contributed by atoms with Crippen molar-refractivity contribution in [3.8, 4) is 0 Å². The van der Waals surface area contributed by atoms with Gasteiger partial charge in [0.2, 0.25) is 0 Å². The van der Waals surface area contributed by atoms with Crippen molar-refractivity contribution in [2.75, 3.05) is 13.2 Å². The second-order valence-electron chi connectivity index (χ2n) is 5.04. The van der Waals surface area contributed by atoms with Gasteiger partial charge < -0.3 is 4.74 Å². The first-order valence-corrected chi connectivity index (χ1v) is 7.39. The van der Waals surface area contributed by atoms with Gasteiger partial charge >= 0.3 is 0 Å². The number of halogens is 1. The fourth-order valence-electron chi connectivity index (χ4n) is 2.37. The van der Waals surface area contributed by atoms with Crippen LogP contribution < -0.4 is 0 Å². The van der Waals surface area contributed by atoms with E-state index < -0.39 is 5.91 Å². The highest BCUT2D eigenvalue weighted by Crippen LogP contribution is 2.27. The van der Waals surface area contributed by atoms with Crippen molar-refractivity contribution in [1.82, 2.24) is 20.1 Å². The fourth-order valence-corrected chi connectivity index (χ4v) is 2.43. The van der Waals surface area contributed by atoms with Crippen molar-refractivity contribution in [2.24, 2.45) is 0 Å². The molecule has 1 aliphatic rings. The van der Waals surface area contributed by atoms with E-state index in [1.807, 2.05) is 0 Å². The number of amides is 2. The van der Waals surface area contributed by atoms with Gasteiger partial charge in [-0.2, -0.15) is 5.10 Å². The van der Waals surface area contributed by atoms with E-state index in [0.29, 0.717) is 27.4 Å². The number of aromatic nitrogens is 3. The molecule has 0 aliphatic carbocycles. The molecule has 2 aromatic heterocycles. The molecule has 0 saturated carbocycles. The Labute approximate surface area is 142 Å². The first-order chi connectivity index (χ1) is 11.5. The number of carbonyl (C=O) groups excluding carboxylic acids is 2. The minimum atomic E-state index is -0.399. The lowest BCUT2D eigenvalue weighted by Crippen LogP contribution is -2.32. The Morgan fingerprint density at radius 1 is 1.29 bits per heavy atom. The maximum Gasteiger partial charge on any atom is 0.263 e. The van der Waals surface area contributed by atoms with Gasteiger partial charge in [0.05, 0.1) is 29.3 Å². The zero-order valence-electron chi connectivity index (χ0n) is 12.6. The minimum Gasteiger partial charge on any atom is -0.492 e.